The Labute approximate surface area is 68.8 Å². The van der Waals surface area contributed by atoms with Crippen molar-refractivity contribution in [2.45, 2.75) is 33.6 Å². The molecule has 0 aromatic heterocycles. The monoisotopic (exact) mass is 161 g/mol. The maximum Gasteiger partial charge on any atom is 0.0726 e. The maximum absolute atomic E-state index is 9.49. The second-order valence-electron chi connectivity index (χ2n) is 2.23. The summed E-state index contributed by atoms with van der Waals surface area (Å²) in [6.45, 7) is 8.55. The molecule has 0 rings (SSSR count). The van der Waals surface area contributed by atoms with Crippen molar-refractivity contribution in [3.63, 3.8) is 0 Å². The van der Waals surface area contributed by atoms with Gasteiger partial charge in [-0.05, 0) is 20.3 Å². The van der Waals surface area contributed by atoms with Gasteiger partial charge in [0.05, 0.1) is 13.1 Å². The number of carboxylic acid groups (broad SMARTS) is 1. The van der Waals surface area contributed by atoms with E-state index in [0.717, 1.165) is 0 Å². The second kappa shape index (κ2) is 12.1. The highest BCUT2D eigenvalue weighted by molar-refractivity contribution is 5.63. The van der Waals surface area contributed by atoms with Crippen molar-refractivity contribution >= 4 is 5.97 Å². The van der Waals surface area contributed by atoms with Crippen molar-refractivity contribution in [1.29, 1.82) is 0 Å². The van der Waals surface area contributed by atoms with Crippen LogP contribution in [0.3, 0.4) is 0 Å². The van der Waals surface area contributed by atoms with Crippen LogP contribution in [0.4, 0.5) is 0 Å². The van der Waals surface area contributed by atoms with Crippen molar-refractivity contribution in [3.8, 4) is 0 Å². The fourth-order valence-electron chi connectivity index (χ4n) is 0.493. The molecule has 0 aliphatic rings. The van der Waals surface area contributed by atoms with Gasteiger partial charge < -0.3 is 15.2 Å². The van der Waals surface area contributed by atoms with Gasteiger partial charge in [-0.15, -0.1) is 0 Å². The van der Waals surface area contributed by atoms with Crippen molar-refractivity contribution in [1.82, 2.24) is 0 Å². The Hall–Kier alpha value is -0.570. The van der Waals surface area contributed by atoms with E-state index in [9.17, 15) is 9.90 Å². The molecule has 0 saturated carbocycles. The van der Waals surface area contributed by atoms with Crippen LogP contribution in [-0.4, -0.2) is 19.1 Å². The van der Waals surface area contributed by atoms with Crippen molar-refractivity contribution in [2.24, 2.45) is 0 Å². The molecule has 0 saturated heterocycles. The predicted molar refractivity (Wildman–Crippen MR) is 42.9 cm³/mol. The minimum absolute atomic E-state index is 0.181. The summed E-state index contributed by atoms with van der Waals surface area (Å²) < 4.78 is 0. The Morgan fingerprint density at radius 3 is 1.73 bits per heavy atom. The number of aliphatic carboxylic acids is 1. The van der Waals surface area contributed by atoms with E-state index >= 15 is 0 Å². The maximum atomic E-state index is 9.49. The number of carboxylic acids is 1. The number of hydrogen-bond donors (Lipinski definition) is 1. The van der Waals surface area contributed by atoms with Crippen LogP contribution in [0.1, 0.15) is 33.6 Å². The topological polar surface area (TPSA) is 56.7 Å². The van der Waals surface area contributed by atoms with Gasteiger partial charge in [0, 0.05) is 5.97 Å². The lowest BCUT2D eigenvalue weighted by Gasteiger charge is -1.92. The van der Waals surface area contributed by atoms with Crippen LogP contribution in [0.2, 0.25) is 0 Å². The van der Waals surface area contributed by atoms with Crippen molar-refractivity contribution in [2.75, 3.05) is 13.1 Å². The van der Waals surface area contributed by atoms with E-state index in [4.69, 9.17) is 0 Å². The van der Waals surface area contributed by atoms with Crippen LogP contribution in [-0.2, 0) is 4.79 Å². The quantitative estimate of drug-likeness (QED) is 0.582. The van der Waals surface area contributed by atoms with Crippen LogP contribution in [0.15, 0.2) is 0 Å². The molecule has 3 nitrogen and oxygen atoms in total. The number of hydrogen-bond acceptors (Lipinski definition) is 2. The normalized spacial score (nSPS) is 8.27. The zero-order valence-corrected chi connectivity index (χ0v) is 7.72. The molecule has 0 atom stereocenters. The largest absolute Gasteiger partial charge is 0.550 e. The van der Waals surface area contributed by atoms with Crippen LogP contribution in [0.25, 0.3) is 0 Å². The van der Waals surface area contributed by atoms with E-state index < -0.39 is 5.97 Å². The fourth-order valence-corrected chi connectivity index (χ4v) is 0.493. The van der Waals surface area contributed by atoms with Crippen LogP contribution in [0.5, 0.6) is 0 Å². The summed E-state index contributed by atoms with van der Waals surface area (Å²) in [5.41, 5.74) is 0. The minimum Gasteiger partial charge on any atom is -0.550 e. The first-order valence-electron chi connectivity index (χ1n) is 4.20. The molecule has 0 unspecified atom stereocenters. The molecule has 0 aromatic rings. The SMILES string of the molecule is CCCC(=O)[O-].CC[NH2+]CC. The molecule has 0 fully saturated rings. The summed E-state index contributed by atoms with van der Waals surface area (Å²) in [5.74, 6) is -0.961. The second-order valence-corrected chi connectivity index (χ2v) is 2.23. The molecule has 2 N–H and O–H groups in total. The van der Waals surface area contributed by atoms with E-state index in [1.165, 1.54) is 13.1 Å². The van der Waals surface area contributed by atoms with Gasteiger partial charge in [-0.1, -0.05) is 13.3 Å². The summed E-state index contributed by atoms with van der Waals surface area (Å²) in [4.78, 5) is 9.49. The van der Waals surface area contributed by atoms with Crippen LogP contribution in [0, 0.1) is 0 Å². The summed E-state index contributed by atoms with van der Waals surface area (Å²) >= 11 is 0. The molecular formula is C8H19NO2. The number of carbonyl (C=O) groups is 1. The molecular weight excluding hydrogens is 142 g/mol. The van der Waals surface area contributed by atoms with Gasteiger partial charge in [0.2, 0.25) is 0 Å². The van der Waals surface area contributed by atoms with Gasteiger partial charge in [-0.25, -0.2) is 0 Å². The molecule has 0 aliphatic carbocycles. The molecule has 68 valence electrons. The van der Waals surface area contributed by atoms with E-state index in [2.05, 4.69) is 19.2 Å². The first-order chi connectivity index (χ1) is 5.18. The van der Waals surface area contributed by atoms with Gasteiger partial charge in [0.1, 0.15) is 0 Å². The molecule has 0 spiro atoms. The molecule has 11 heavy (non-hydrogen) atoms. The van der Waals surface area contributed by atoms with E-state index in [0.29, 0.717) is 6.42 Å². The highest BCUT2D eigenvalue weighted by atomic mass is 16.4. The van der Waals surface area contributed by atoms with E-state index in [1.807, 2.05) is 0 Å². The Morgan fingerprint density at radius 2 is 1.73 bits per heavy atom. The van der Waals surface area contributed by atoms with Gasteiger partial charge in [-0.2, -0.15) is 0 Å². The molecule has 0 aliphatic heterocycles. The highest BCUT2D eigenvalue weighted by Gasteiger charge is 1.75. The third-order valence-corrected chi connectivity index (χ3v) is 1.03. The summed E-state index contributed by atoms with van der Waals surface area (Å²) in [6, 6.07) is 0. The Balaban J connectivity index is 0. The number of quaternary nitrogens is 1. The predicted octanol–water partition coefficient (Wildman–Crippen LogP) is -0.874. The number of rotatable bonds is 4. The first kappa shape index (κ1) is 13.1. The smallest absolute Gasteiger partial charge is 0.0726 e. The van der Waals surface area contributed by atoms with E-state index in [1.54, 1.807) is 6.92 Å². The van der Waals surface area contributed by atoms with Crippen LogP contribution < -0.4 is 10.4 Å². The Kier molecular flexibility index (Phi) is 14.4. The average molecular weight is 161 g/mol. The molecule has 0 amide bonds. The van der Waals surface area contributed by atoms with Gasteiger partial charge >= 0.3 is 0 Å². The number of nitrogens with two attached hydrogens (primary N) is 1. The third-order valence-electron chi connectivity index (χ3n) is 1.03. The van der Waals surface area contributed by atoms with Crippen molar-refractivity contribution in [3.05, 3.63) is 0 Å². The van der Waals surface area contributed by atoms with Gasteiger partial charge in [0.15, 0.2) is 0 Å². The molecule has 0 radical (unpaired) electrons. The first-order valence-corrected chi connectivity index (χ1v) is 4.20. The zero-order chi connectivity index (χ0) is 9.11. The van der Waals surface area contributed by atoms with Gasteiger partial charge in [0.25, 0.3) is 0 Å². The fraction of sp³-hybridized carbons (Fsp3) is 0.875. The lowest BCUT2D eigenvalue weighted by Crippen LogP contribution is -2.82. The van der Waals surface area contributed by atoms with Crippen molar-refractivity contribution < 1.29 is 15.2 Å². The zero-order valence-electron chi connectivity index (χ0n) is 7.72. The van der Waals surface area contributed by atoms with Gasteiger partial charge in [-0.3, -0.25) is 0 Å². The lowest BCUT2D eigenvalue weighted by atomic mass is 10.4. The highest BCUT2D eigenvalue weighted by Crippen LogP contribution is 1.79. The Morgan fingerprint density at radius 1 is 1.27 bits per heavy atom. The molecule has 3 heteroatoms. The third kappa shape index (κ3) is 26.5. The van der Waals surface area contributed by atoms with Crippen LogP contribution >= 0.6 is 0 Å². The summed E-state index contributed by atoms with van der Waals surface area (Å²) in [6.07, 6.45) is 0.850. The number of carbonyl (C=O) groups excluding carboxylic acids is 1. The molecule has 0 bridgehead atoms. The van der Waals surface area contributed by atoms with E-state index in [-0.39, 0.29) is 6.42 Å². The summed E-state index contributed by atoms with van der Waals surface area (Å²) in [7, 11) is 0. The molecule has 0 aromatic carbocycles. The molecule has 0 heterocycles. The lowest BCUT2D eigenvalue weighted by molar-refractivity contribution is -0.648. The standard InChI is InChI=1S/C4H11N.C4H8O2/c1-3-5-4-2;1-2-3-4(5)6/h5H,3-4H2,1-2H3;2-3H2,1H3,(H,5,6). The minimum atomic E-state index is -0.961. The summed E-state index contributed by atoms with van der Waals surface area (Å²) in [5, 5.41) is 11.7. The Bertz CT molecular complexity index is 82.2. The average Bonchev–Trinajstić information content (AvgIpc) is 1.90.